The van der Waals surface area contributed by atoms with Crippen molar-refractivity contribution in [1.29, 1.82) is 0 Å². The highest BCUT2D eigenvalue weighted by Gasteiger charge is 2.04. The molecule has 2 rings (SSSR count). The summed E-state index contributed by atoms with van der Waals surface area (Å²) in [7, 11) is 1.65. The molecule has 0 spiro atoms. The minimum Gasteiger partial charge on any atom is -0.488 e. The van der Waals surface area contributed by atoms with Crippen molar-refractivity contribution >= 4 is 27.3 Å². The molecular formula is C15H17BrFNO2S. The van der Waals surface area contributed by atoms with Gasteiger partial charge >= 0.3 is 0 Å². The predicted octanol–water partition coefficient (Wildman–Crippen LogP) is 3.96. The lowest BCUT2D eigenvalue weighted by atomic mass is 10.2. The molecular weight excluding hydrogens is 357 g/mol. The van der Waals surface area contributed by atoms with E-state index >= 15 is 0 Å². The second kappa shape index (κ2) is 8.48. The van der Waals surface area contributed by atoms with Crippen LogP contribution in [0.25, 0.3) is 0 Å². The normalized spacial score (nSPS) is 10.8. The zero-order chi connectivity index (χ0) is 15.1. The fourth-order valence-corrected chi connectivity index (χ4v) is 3.19. The maximum Gasteiger partial charge on any atom is 0.127 e. The number of nitrogens with one attached hydrogen (secondary N) is 1. The van der Waals surface area contributed by atoms with Crippen molar-refractivity contribution in [2.24, 2.45) is 0 Å². The van der Waals surface area contributed by atoms with Gasteiger partial charge < -0.3 is 14.8 Å². The van der Waals surface area contributed by atoms with Gasteiger partial charge in [-0.15, -0.1) is 11.3 Å². The summed E-state index contributed by atoms with van der Waals surface area (Å²) in [5.41, 5.74) is 0.855. The second-order valence-corrected chi connectivity index (χ2v) is 7.01. The van der Waals surface area contributed by atoms with E-state index in [1.54, 1.807) is 18.4 Å². The van der Waals surface area contributed by atoms with E-state index in [1.165, 1.54) is 12.1 Å². The van der Waals surface area contributed by atoms with Crippen molar-refractivity contribution in [3.05, 3.63) is 50.4 Å². The van der Waals surface area contributed by atoms with E-state index in [2.05, 4.69) is 21.2 Å². The number of ether oxygens (including phenoxy) is 2. The summed E-state index contributed by atoms with van der Waals surface area (Å²) in [5.74, 6) is 0.256. The van der Waals surface area contributed by atoms with Crippen LogP contribution in [-0.2, 0) is 17.9 Å². The Morgan fingerprint density at radius 3 is 2.86 bits per heavy atom. The van der Waals surface area contributed by atoms with Gasteiger partial charge in [-0.3, -0.25) is 0 Å². The first-order valence-electron chi connectivity index (χ1n) is 6.53. The van der Waals surface area contributed by atoms with Crippen LogP contribution < -0.4 is 10.1 Å². The van der Waals surface area contributed by atoms with E-state index < -0.39 is 0 Å². The molecule has 0 saturated carbocycles. The second-order valence-electron chi connectivity index (χ2n) is 4.46. The van der Waals surface area contributed by atoms with Gasteiger partial charge in [-0.05, 0) is 45.8 Å². The Labute approximate surface area is 136 Å². The van der Waals surface area contributed by atoms with Crippen LogP contribution >= 0.6 is 27.3 Å². The topological polar surface area (TPSA) is 30.5 Å². The molecule has 0 unspecified atom stereocenters. The Morgan fingerprint density at radius 2 is 2.14 bits per heavy atom. The van der Waals surface area contributed by atoms with Crippen LogP contribution in [0.5, 0.6) is 5.75 Å². The van der Waals surface area contributed by atoms with Crippen LogP contribution in [0.15, 0.2) is 34.1 Å². The predicted molar refractivity (Wildman–Crippen MR) is 86.3 cm³/mol. The van der Waals surface area contributed by atoms with Gasteiger partial charge in [0.15, 0.2) is 0 Å². The molecule has 6 heteroatoms. The largest absolute Gasteiger partial charge is 0.488 e. The molecule has 0 bridgehead atoms. The standard InChI is InChI=1S/C15H17BrFNO2S/c1-19-5-4-18-9-11-6-12(17)8-13(7-11)20-10-14-2-3-15(16)21-14/h2-3,6-8,18H,4-5,9-10H2,1H3. The number of thiophene rings is 1. The van der Waals surface area contributed by atoms with Crippen molar-refractivity contribution < 1.29 is 13.9 Å². The van der Waals surface area contributed by atoms with Crippen LogP contribution in [0.4, 0.5) is 4.39 Å². The monoisotopic (exact) mass is 373 g/mol. The van der Waals surface area contributed by atoms with Gasteiger partial charge in [0, 0.05) is 31.1 Å². The van der Waals surface area contributed by atoms with E-state index in [-0.39, 0.29) is 5.82 Å². The summed E-state index contributed by atoms with van der Waals surface area (Å²) >= 11 is 5.01. The fraction of sp³-hybridized carbons (Fsp3) is 0.333. The van der Waals surface area contributed by atoms with Crippen molar-refractivity contribution in [1.82, 2.24) is 5.32 Å². The molecule has 1 heterocycles. The molecule has 0 aliphatic rings. The average molecular weight is 374 g/mol. The summed E-state index contributed by atoms with van der Waals surface area (Å²) in [6.45, 7) is 2.39. The molecule has 0 radical (unpaired) electrons. The average Bonchev–Trinajstić information content (AvgIpc) is 2.87. The number of rotatable bonds is 8. The highest BCUT2D eigenvalue weighted by Crippen LogP contribution is 2.24. The van der Waals surface area contributed by atoms with Crippen LogP contribution in [0.2, 0.25) is 0 Å². The van der Waals surface area contributed by atoms with Crippen LogP contribution in [0, 0.1) is 5.82 Å². The van der Waals surface area contributed by atoms with E-state index in [0.717, 1.165) is 20.8 Å². The summed E-state index contributed by atoms with van der Waals surface area (Å²) in [4.78, 5) is 1.09. The Hall–Kier alpha value is -0.950. The first-order chi connectivity index (χ1) is 10.2. The molecule has 21 heavy (non-hydrogen) atoms. The highest BCUT2D eigenvalue weighted by molar-refractivity contribution is 9.11. The number of benzene rings is 1. The SMILES string of the molecule is COCCNCc1cc(F)cc(OCc2ccc(Br)s2)c1. The molecule has 0 atom stereocenters. The Bertz CT molecular complexity index is 577. The van der Waals surface area contributed by atoms with Crippen molar-refractivity contribution in [2.45, 2.75) is 13.2 Å². The summed E-state index contributed by atoms with van der Waals surface area (Å²) in [5, 5.41) is 3.18. The lowest BCUT2D eigenvalue weighted by molar-refractivity contribution is 0.199. The summed E-state index contributed by atoms with van der Waals surface area (Å²) < 4.78 is 25.3. The molecule has 1 aromatic carbocycles. The van der Waals surface area contributed by atoms with E-state index in [9.17, 15) is 4.39 Å². The Balaban J connectivity index is 1.91. The lowest BCUT2D eigenvalue weighted by Gasteiger charge is -2.09. The number of methoxy groups -OCH3 is 1. The smallest absolute Gasteiger partial charge is 0.127 e. The third kappa shape index (κ3) is 5.74. The first kappa shape index (κ1) is 16.4. The van der Waals surface area contributed by atoms with E-state index in [1.807, 2.05) is 18.2 Å². The first-order valence-corrected chi connectivity index (χ1v) is 8.14. The lowest BCUT2D eigenvalue weighted by Crippen LogP contribution is -2.18. The molecule has 0 aliphatic heterocycles. The van der Waals surface area contributed by atoms with Crippen LogP contribution in [0.1, 0.15) is 10.4 Å². The Morgan fingerprint density at radius 1 is 1.29 bits per heavy atom. The maximum atomic E-state index is 13.6. The number of halogens is 2. The van der Waals surface area contributed by atoms with Gasteiger partial charge in [0.1, 0.15) is 18.2 Å². The van der Waals surface area contributed by atoms with E-state index in [4.69, 9.17) is 9.47 Å². The quantitative estimate of drug-likeness (QED) is 0.710. The number of hydrogen-bond acceptors (Lipinski definition) is 4. The Kier molecular flexibility index (Phi) is 6.63. The third-order valence-electron chi connectivity index (χ3n) is 2.75. The fourth-order valence-electron chi connectivity index (χ4n) is 1.80. The zero-order valence-electron chi connectivity index (χ0n) is 11.7. The highest BCUT2D eigenvalue weighted by atomic mass is 79.9. The minimum absolute atomic E-state index is 0.289. The molecule has 1 N–H and O–H groups in total. The molecule has 0 aliphatic carbocycles. The molecule has 0 fully saturated rings. The van der Waals surface area contributed by atoms with Crippen LogP contribution in [0.3, 0.4) is 0 Å². The van der Waals surface area contributed by atoms with Gasteiger partial charge in [-0.25, -0.2) is 4.39 Å². The molecule has 114 valence electrons. The summed E-state index contributed by atoms with van der Waals surface area (Å²) in [6.07, 6.45) is 0. The van der Waals surface area contributed by atoms with Crippen molar-refractivity contribution in [2.75, 3.05) is 20.3 Å². The number of hydrogen-bond donors (Lipinski definition) is 1. The molecule has 3 nitrogen and oxygen atoms in total. The van der Waals surface area contributed by atoms with Crippen LogP contribution in [-0.4, -0.2) is 20.3 Å². The van der Waals surface area contributed by atoms with Crippen molar-refractivity contribution in [3.8, 4) is 5.75 Å². The molecule has 2 aromatic rings. The van der Waals surface area contributed by atoms with Gasteiger partial charge in [-0.1, -0.05) is 0 Å². The minimum atomic E-state index is -0.289. The maximum absolute atomic E-state index is 13.6. The van der Waals surface area contributed by atoms with Gasteiger partial charge in [0.2, 0.25) is 0 Å². The van der Waals surface area contributed by atoms with Crippen molar-refractivity contribution in [3.63, 3.8) is 0 Å². The van der Waals surface area contributed by atoms with Gasteiger partial charge in [0.25, 0.3) is 0 Å². The van der Waals surface area contributed by atoms with Gasteiger partial charge in [0.05, 0.1) is 10.4 Å². The molecule has 0 saturated heterocycles. The third-order valence-corrected chi connectivity index (χ3v) is 4.35. The van der Waals surface area contributed by atoms with E-state index in [0.29, 0.717) is 25.5 Å². The summed E-state index contributed by atoms with van der Waals surface area (Å²) in [6, 6.07) is 8.72. The molecule has 0 amide bonds. The van der Waals surface area contributed by atoms with Gasteiger partial charge in [-0.2, -0.15) is 0 Å². The zero-order valence-corrected chi connectivity index (χ0v) is 14.1. The molecule has 1 aromatic heterocycles.